The van der Waals surface area contributed by atoms with Crippen LogP contribution in [0.5, 0.6) is 0 Å². The highest BCUT2D eigenvalue weighted by Crippen LogP contribution is 1.76. The van der Waals surface area contributed by atoms with Gasteiger partial charge in [0.25, 0.3) is 0 Å². The zero-order valence-electron chi connectivity index (χ0n) is 7.69. The van der Waals surface area contributed by atoms with Crippen LogP contribution in [0.4, 0.5) is 0 Å². The molecule has 3 N–H and O–H groups in total. The molecule has 0 radical (unpaired) electrons. The first-order valence-corrected chi connectivity index (χ1v) is 3.96. The lowest BCUT2D eigenvalue weighted by Gasteiger charge is -2.00. The van der Waals surface area contributed by atoms with Gasteiger partial charge in [-0.3, -0.25) is 0 Å². The van der Waals surface area contributed by atoms with E-state index in [1.54, 1.807) is 0 Å². The molecule has 5 nitrogen and oxygen atoms in total. The first kappa shape index (κ1) is 14.9. The van der Waals surface area contributed by atoms with E-state index < -0.39 is 0 Å². The second-order valence-corrected chi connectivity index (χ2v) is 1.82. The van der Waals surface area contributed by atoms with Crippen LogP contribution < -0.4 is 0 Å². The van der Waals surface area contributed by atoms with Gasteiger partial charge in [0.2, 0.25) is 0 Å². The van der Waals surface area contributed by atoms with Crippen LogP contribution in [0.25, 0.3) is 0 Å². The highest BCUT2D eigenvalue weighted by Gasteiger charge is 1.83. The van der Waals surface area contributed by atoms with Gasteiger partial charge in [-0.05, 0) is 0 Å². The van der Waals surface area contributed by atoms with Crippen molar-refractivity contribution in [3.63, 3.8) is 0 Å². The lowest BCUT2D eigenvalue weighted by Crippen LogP contribution is -2.04. The smallest absolute Gasteiger partial charge is 0.111 e. The van der Waals surface area contributed by atoms with Crippen molar-refractivity contribution in [1.29, 1.82) is 0 Å². The standard InChI is InChI=1S/C6H12O3.C2H6O2/c1-2-8-5-6-9-4-3-7;3-1-2-4/h2,7H,1,3-6H2;3-4H,1-2H2. The summed E-state index contributed by atoms with van der Waals surface area (Å²) in [4.78, 5) is 0. The largest absolute Gasteiger partial charge is 0.499 e. The van der Waals surface area contributed by atoms with E-state index in [4.69, 9.17) is 24.8 Å². The quantitative estimate of drug-likeness (QED) is 0.362. The van der Waals surface area contributed by atoms with Gasteiger partial charge in [-0.25, -0.2) is 0 Å². The molecule has 0 aromatic carbocycles. The van der Waals surface area contributed by atoms with E-state index in [-0.39, 0.29) is 19.8 Å². The summed E-state index contributed by atoms with van der Waals surface area (Å²) < 4.78 is 9.60. The van der Waals surface area contributed by atoms with Crippen LogP contribution in [0.3, 0.4) is 0 Å². The Morgan fingerprint density at radius 3 is 1.92 bits per heavy atom. The van der Waals surface area contributed by atoms with E-state index in [1.165, 1.54) is 6.26 Å². The molecule has 0 bridgehead atoms. The summed E-state index contributed by atoms with van der Waals surface area (Å²) in [6, 6.07) is 0. The Bertz CT molecular complexity index is 84.6. The number of hydrogen-bond acceptors (Lipinski definition) is 5. The van der Waals surface area contributed by atoms with E-state index in [0.29, 0.717) is 19.8 Å². The van der Waals surface area contributed by atoms with Gasteiger partial charge in [-0.1, -0.05) is 6.58 Å². The SMILES string of the molecule is C=COCCOCCO.OCCO. The van der Waals surface area contributed by atoms with Crippen molar-refractivity contribution in [1.82, 2.24) is 0 Å². The molecule has 0 rings (SSSR count). The molecule has 0 saturated heterocycles. The molecule has 80 valence electrons. The molecule has 0 aliphatic rings. The highest BCUT2D eigenvalue weighted by atomic mass is 16.5. The second kappa shape index (κ2) is 17.5. The second-order valence-electron chi connectivity index (χ2n) is 1.82. The molecular weight excluding hydrogens is 176 g/mol. The summed E-state index contributed by atoms with van der Waals surface area (Å²) in [7, 11) is 0. The van der Waals surface area contributed by atoms with Gasteiger partial charge in [-0.2, -0.15) is 0 Å². The maximum atomic E-state index is 8.24. The average Bonchev–Trinajstić information content (AvgIpc) is 2.18. The predicted octanol–water partition coefficient (Wildman–Crippen LogP) is -0.874. The van der Waals surface area contributed by atoms with Crippen molar-refractivity contribution >= 4 is 0 Å². The van der Waals surface area contributed by atoms with Crippen molar-refractivity contribution in [3.05, 3.63) is 12.8 Å². The van der Waals surface area contributed by atoms with Crippen LogP contribution in [0.1, 0.15) is 0 Å². The summed E-state index contributed by atoms with van der Waals surface area (Å²) in [6.45, 7) is 4.55. The van der Waals surface area contributed by atoms with Crippen molar-refractivity contribution in [2.75, 3.05) is 39.6 Å². The van der Waals surface area contributed by atoms with Crippen LogP contribution in [0, 0.1) is 0 Å². The third kappa shape index (κ3) is 24.6. The van der Waals surface area contributed by atoms with E-state index in [0.717, 1.165) is 0 Å². The molecule has 5 heteroatoms. The molecule has 0 atom stereocenters. The van der Waals surface area contributed by atoms with Crippen LogP contribution in [0.15, 0.2) is 12.8 Å². The van der Waals surface area contributed by atoms with Gasteiger partial charge >= 0.3 is 0 Å². The van der Waals surface area contributed by atoms with Crippen molar-refractivity contribution in [3.8, 4) is 0 Å². The molecule has 0 aromatic heterocycles. The summed E-state index contributed by atoms with van der Waals surface area (Å²) in [6.07, 6.45) is 1.36. The fourth-order valence-corrected chi connectivity index (χ4v) is 0.357. The topological polar surface area (TPSA) is 79.2 Å². The van der Waals surface area contributed by atoms with Crippen molar-refractivity contribution in [2.45, 2.75) is 0 Å². The number of aliphatic hydroxyl groups is 3. The van der Waals surface area contributed by atoms with Crippen LogP contribution >= 0.6 is 0 Å². The van der Waals surface area contributed by atoms with Crippen molar-refractivity contribution in [2.24, 2.45) is 0 Å². The third-order valence-corrected chi connectivity index (χ3v) is 0.799. The molecule has 0 amide bonds. The minimum Gasteiger partial charge on any atom is -0.499 e. The number of aliphatic hydroxyl groups excluding tert-OH is 3. The molecule has 0 fully saturated rings. The molecule has 0 saturated carbocycles. The molecule has 0 heterocycles. The van der Waals surface area contributed by atoms with Crippen LogP contribution in [-0.2, 0) is 9.47 Å². The van der Waals surface area contributed by atoms with Gasteiger partial charge in [0.05, 0.1) is 39.3 Å². The average molecular weight is 194 g/mol. The lowest BCUT2D eigenvalue weighted by atomic mass is 10.7. The molecule has 0 aliphatic heterocycles. The van der Waals surface area contributed by atoms with E-state index >= 15 is 0 Å². The van der Waals surface area contributed by atoms with Gasteiger partial charge in [-0.15, -0.1) is 0 Å². The maximum absolute atomic E-state index is 8.24. The Labute approximate surface area is 78.2 Å². The minimum atomic E-state index is -0.125. The summed E-state index contributed by atoms with van der Waals surface area (Å²) in [5.74, 6) is 0. The lowest BCUT2D eigenvalue weighted by molar-refractivity contribution is 0.0603. The Kier molecular flexibility index (Phi) is 20.0. The summed E-state index contributed by atoms with van der Waals surface area (Å²) >= 11 is 0. The maximum Gasteiger partial charge on any atom is 0.111 e. The first-order valence-electron chi connectivity index (χ1n) is 3.96. The molecule has 13 heavy (non-hydrogen) atoms. The molecule has 0 unspecified atom stereocenters. The highest BCUT2D eigenvalue weighted by molar-refractivity contribution is 4.47. The van der Waals surface area contributed by atoms with Gasteiger partial charge in [0, 0.05) is 0 Å². The van der Waals surface area contributed by atoms with Gasteiger partial charge in [0.1, 0.15) is 6.61 Å². The van der Waals surface area contributed by atoms with Gasteiger partial charge < -0.3 is 24.8 Å². The van der Waals surface area contributed by atoms with E-state index in [1.807, 2.05) is 0 Å². The zero-order chi connectivity index (χ0) is 10.4. The van der Waals surface area contributed by atoms with Crippen LogP contribution in [-0.4, -0.2) is 55.0 Å². The van der Waals surface area contributed by atoms with E-state index in [2.05, 4.69) is 6.58 Å². The number of hydrogen-bond donors (Lipinski definition) is 3. The van der Waals surface area contributed by atoms with Crippen LogP contribution in [0.2, 0.25) is 0 Å². The summed E-state index contributed by atoms with van der Waals surface area (Å²) in [5, 5.41) is 23.5. The fraction of sp³-hybridized carbons (Fsp3) is 0.750. The molecule has 0 aliphatic carbocycles. The van der Waals surface area contributed by atoms with E-state index in [9.17, 15) is 0 Å². The zero-order valence-corrected chi connectivity index (χ0v) is 7.69. The normalized spacial score (nSPS) is 8.54. The minimum absolute atomic E-state index is 0.0636. The monoisotopic (exact) mass is 194 g/mol. The van der Waals surface area contributed by atoms with Crippen molar-refractivity contribution < 1.29 is 24.8 Å². The first-order chi connectivity index (χ1) is 6.33. The fourth-order valence-electron chi connectivity index (χ4n) is 0.357. The molecule has 0 aromatic rings. The number of ether oxygens (including phenoxy) is 2. The predicted molar refractivity (Wildman–Crippen MR) is 48.2 cm³/mol. The molecular formula is C8H18O5. The Balaban J connectivity index is 0. The Morgan fingerprint density at radius 2 is 1.54 bits per heavy atom. The third-order valence-electron chi connectivity index (χ3n) is 0.799. The Hall–Kier alpha value is -0.620. The molecule has 0 spiro atoms. The van der Waals surface area contributed by atoms with Gasteiger partial charge in [0.15, 0.2) is 0 Å². The number of rotatable bonds is 7. The summed E-state index contributed by atoms with van der Waals surface area (Å²) in [5.41, 5.74) is 0. The Morgan fingerprint density at radius 1 is 0.923 bits per heavy atom.